The van der Waals surface area contributed by atoms with Crippen molar-refractivity contribution < 1.29 is 9.84 Å². The molecule has 0 saturated heterocycles. The zero-order valence-corrected chi connectivity index (χ0v) is 11.4. The van der Waals surface area contributed by atoms with Crippen LogP contribution in [0.2, 0.25) is 0 Å². The maximum absolute atomic E-state index is 9.43. The summed E-state index contributed by atoms with van der Waals surface area (Å²) < 4.78 is 5.37. The number of aromatic nitrogens is 1. The minimum atomic E-state index is -0.0396. The van der Waals surface area contributed by atoms with Crippen molar-refractivity contribution in [2.75, 3.05) is 19.1 Å². The lowest BCUT2D eigenvalue weighted by Gasteiger charge is -2.24. The Balaban J connectivity index is 2.49. The topological polar surface area (TPSA) is 45.6 Å². The Morgan fingerprint density at radius 1 is 1.26 bits per heavy atom. The third kappa shape index (κ3) is 2.69. The molecular weight excluding hydrogens is 240 g/mol. The average Bonchev–Trinajstić information content (AvgIpc) is 2.46. The summed E-state index contributed by atoms with van der Waals surface area (Å²) in [5, 5.41) is 9.43. The van der Waals surface area contributed by atoms with Crippen molar-refractivity contribution in [1.82, 2.24) is 4.98 Å². The molecule has 0 bridgehead atoms. The van der Waals surface area contributed by atoms with Crippen LogP contribution in [0, 0.1) is 6.92 Å². The minimum absolute atomic E-state index is 0.0396. The van der Waals surface area contributed by atoms with E-state index in [4.69, 9.17) is 4.74 Å². The molecule has 0 radical (unpaired) electrons. The van der Waals surface area contributed by atoms with E-state index in [1.54, 1.807) is 13.3 Å². The maximum Gasteiger partial charge on any atom is 0.142 e. The molecule has 0 saturated carbocycles. The molecule has 100 valence electrons. The maximum atomic E-state index is 9.43. The molecule has 0 aliphatic heterocycles. The standard InChI is InChI=1S/C15H18N2O2/c1-11-8-14(12(10-18)9-16-11)17(2)13-6-4-5-7-15(13)19-3/h4-9,18H,10H2,1-3H3. The molecule has 4 nitrogen and oxygen atoms in total. The van der Waals surface area contributed by atoms with Crippen molar-refractivity contribution in [3.63, 3.8) is 0 Å². The highest BCUT2D eigenvalue weighted by Crippen LogP contribution is 2.33. The van der Waals surface area contributed by atoms with Crippen LogP contribution in [0.15, 0.2) is 36.5 Å². The number of aliphatic hydroxyl groups is 1. The number of pyridine rings is 1. The van der Waals surface area contributed by atoms with Gasteiger partial charge < -0.3 is 14.7 Å². The van der Waals surface area contributed by atoms with E-state index in [1.165, 1.54) is 0 Å². The fourth-order valence-electron chi connectivity index (χ4n) is 2.04. The van der Waals surface area contributed by atoms with Crippen molar-refractivity contribution in [3.05, 3.63) is 47.8 Å². The van der Waals surface area contributed by atoms with Crippen LogP contribution in [-0.4, -0.2) is 24.2 Å². The van der Waals surface area contributed by atoms with E-state index in [2.05, 4.69) is 4.98 Å². The summed E-state index contributed by atoms with van der Waals surface area (Å²) >= 11 is 0. The van der Waals surface area contributed by atoms with E-state index in [0.717, 1.165) is 28.4 Å². The summed E-state index contributed by atoms with van der Waals surface area (Å²) in [5.74, 6) is 0.795. The van der Waals surface area contributed by atoms with E-state index >= 15 is 0 Å². The number of para-hydroxylation sites is 2. The number of anilines is 2. The normalized spacial score (nSPS) is 10.3. The number of benzene rings is 1. The number of hydrogen-bond donors (Lipinski definition) is 1. The van der Waals surface area contributed by atoms with Gasteiger partial charge in [-0.1, -0.05) is 12.1 Å². The van der Waals surface area contributed by atoms with Gasteiger partial charge in [-0.15, -0.1) is 0 Å². The predicted molar refractivity (Wildman–Crippen MR) is 76.0 cm³/mol. The Kier molecular flexibility index (Phi) is 4.02. The monoisotopic (exact) mass is 258 g/mol. The lowest BCUT2D eigenvalue weighted by molar-refractivity contribution is 0.281. The highest BCUT2D eigenvalue weighted by atomic mass is 16.5. The van der Waals surface area contributed by atoms with Crippen molar-refractivity contribution in [2.45, 2.75) is 13.5 Å². The molecule has 0 fully saturated rings. The van der Waals surface area contributed by atoms with E-state index in [9.17, 15) is 5.11 Å². The fraction of sp³-hybridized carbons (Fsp3) is 0.267. The van der Waals surface area contributed by atoms with Crippen LogP contribution < -0.4 is 9.64 Å². The Morgan fingerprint density at radius 3 is 2.68 bits per heavy atom. The van der Waals surface area contributed by atoms with Crippen LogP contribution in [0.5, 0.6) is 5.75 Å². The van der Waals surface area contributed by atoms with Gasteiger partial charge in [0.25, 0.3) is 0 Å². The summed E-state index contributed by atoms with van der Waals surface area (Å²) in [6.45, 7) is 1.89. The van der Waals surface area contributed by atoms with Gasteiger partial charge >= 0.3 is 0 Å². The number of rotatable bonds is 4. The van der Waals surface area contributed by atoms with Gasteiger partial charge in [-0.2, -0.15) is 0 Å². The molecule has 1 N–H and O–H groups in total. The minimum Gasteiger partial charge on any atom is -0.495 e. The van der Waals surface area contributed by atoms with Crippen LogP contribution in [0.1, 0.15) is 11.3 Å². The summed E-state index contributed by atoms with van der Waals surface area (Å²) in [6, 6.07) is 9.74. The Hall–Kier alpha value is -2.07. The van der Waals surface area contributed by atoms with Crippen molar-refractivity contribution in [2.24, 2.45) is 0 Å². The molecule has 1 aromatic carbocycles. The largest absolute Gasteiger partial charge is 0.495 e. The molecule has 19 heavy (non-hydrogen) atoms. The Morgan fingerprint density at radius 2 is 2.00 bits per heavy atom. The summed E-state index contributed by atoms with van der Waals surface area (Å²) in [5.41, 5.74) is 3.58. The summed E-state index contributed by atoms with van der Waals surface area (Å²) in [6.07, 6.45) is 1.70. The predicted octanol–water partition coefficient (Wildman–Crippen LogP) is 2.66. The van der Waals surface area contributed by atoms with Gasteiger partial charge in [0.15, 0.2) is 0 Å². The van der Waals surface area contributed by atoms with Gasteiger partial charge in [-0.05, 0) is 25.1 Å². The van der Waals surface area contributed by atoms with Gasteiger partial charge in [0.2, 0.25) is 0 Å². The third-order valence-corrected chi connectivity index (χ3v) is 3.08. The molecule has 1 aromatic heterocycles. The first-order valence-electron chi connectivity index (χ1n) is 6.10. The lowest BCUT2D eigenvalue weighted by Crippen LogP contribution is -2.13. The zero-order valence-electron chi connectivity index (χ0n) is 11.4. The molecule has 0 atom stereocenters. The first-order valence-corrected chi connectivity index (χ1v) is 6.10. The molecule has 0 aliphatic rings. The number of aryl methyl sites for hydroxylation is 1. The van der Waals surface area contributed by atoms with Crippen LogP contribution in [0.4, 0.5) is 11.4 Å². The molecule has 2 aromatic rings. The first-order chi connectivity index (χ1) is 9.17. The quantitative estimate of drug-likeness (QED) is 0.915. The van der Waals surface area contributed by atoms with E-state index in [0.29, 0.717) is 0 Å². The molecular formula is C15H18N2O2. The molecule has 4 heteroatoms. The van der Waals surface area contributed by atoms with Gasteiger partial charge in [0, 0.05) is 30.2 Å². The Bertz CT molecular complexity index is 570. The molecule has 0 aliphatic carbocycles. The fourth-order valence-corrected chi connectivity index (χ4v) is 2.04. The first kappa shape index (κ1) is 13.4. The second-order valence-corrected chi connectivity index (χ2v) is 4.34. The summed E-state index contributed by atoms with van der Waals surface area (Å²) in [4.78, 5) is 6.21. The number of hydrogen-bond acceptors (Lipinski definition) is 4. The molecule has 0 amide bonds. The van der Waals surface area contributed by atoms with Gasteiger partial charge in [-0.25, -0.2) is 0 Å². The highest BCUT2D eigenvalue weighted by molar-refractivity contribution is 5.70. The number of methoxy groups -OCH3 is 1. The molecule has 0 unspecified atom stereocenters. The Labute approximate surface area is 113 Å². The van der Waals surface area contributed by atoms with Gasteiger partial charge in [0.05, 0.1) is 19.4 Å². The zero-order chi connectivity index (χ0) is 13.8. The van der Waals surface area contributed by atoms with E-state index in [1.807, 2.05) is 49.2 Å². The molecule has 1 heterocycles. The smallest absolute Gasteiger partial charge is 0.142 e. The lowest BCUT2D eigenvalue weighted by atomic mass is 10.1. The van der Waals surface area contributed by atoms with Crippen LogP contribution in [0.3, 0.4) is 0 Å². The number of ether oxygens (including phenoxy) is 1. The second-order valence-electron chi connectivity index (χ2n) is 4.34. The van der Waals surface area contributed by atoms with Crippen molar-refractivity contribution in [1.29, 1.82) is 0 Å². The molecule has 2 rings (SSSR count). The van der Waals surface area contributed by atoms with Gasteiger partial charge in [0.1, 0.15) is 5.75 Å². The highest BCUT2D eigenvalue weighted by Gasteiger charge is 2.13. The average molecular weight is 258 g/mol. The number of aliphatic hydroxyl groups excluding tert-OH is 1. The second kappa shape index (κ2) is 5.71. The van der Waals surface area contributed by atoms with Crippen molar-refractivity contribution in [3.8, 4) is 5.75 Å². The van der Waals surface area contributed by atoms with Crippen molar-refractivity contribution >= 4 is 11.4 Å². The van der Waals surface area contributed by atoms with Crippen LogP contribution >= 0.6 is 0 Å². The van der Waals surface area contributed by atoms with Gasteiger partial charge in [-0.3, -0.25) is 4.98 Å². The van der Waals surface area contributed by atoms with E-state index < -0.39 is 0 Å². The molecule has 0 spiro atoms. The third-order valence-electron chi connectivity index (χ3n) is 3.08. The number of nitrogens with zero attached hydrogens (tertiary/aromatic N) is 2. The summed E-state index contributed by atoms with van der Waals surface area (Å²) in [7, 11) is 3.60. The van der Waals surface area contributed by atoms with Crippen LogP contribution in [-0.2, 0) is 6.61 Å². The van der Waals surface area contributed by atoms with E-state index in [-0.39, 0.29) is 6.61 Å². The SMILES string of the molecule is COc1ccccc1N(C)c1cc(C)ncc1CO. The van der Waals surface area contributed by atoms with Crippen LogP contribution in [0.25, 0.3) is 0 Å².